The van der Waals surface area contributed by atoms with E-state index in [2.05, 4.69) is 15.5 Å². The first-order valence-corrected chi connectivity index (χ1v) is 12.9. The maximum Gasteiger partial charge on any atom is 0.252 e. The number of carbonyl (C=O) groups excluding carboxylic acids is 2. The third kappa shape index (κ3) is 5.39. The number of amides is 2. The van der Waals surface area contributed by atoms with Gasteiger partial charge in [0, 0.05) is 16.7 Å². The Bertz CT molecular complexity index is 1330. The Morgan fingerprint density at radius 2 is 1.83 bits per heavy atom. The van der Waals surface area contributed by atoms with Gasteiger partial charge >= 0.3 is 0 Å². The first-order valence-electron chi connectivity index (χ1n) is 11.0. The number of nitrogen functional groups attached to an aromatic ring is 1. The molecule has 2 aromatic carbocycles. The van der Waals surface area contributed by atoms with E-state index in [1.54, 1.807) is 4.57 Å². The van der Waals surface area contributed by atoms with Crippen LogP contribution in [-0.4, -0.2) is 26.6 Å². The van der Waals surface area contributed by atoms with Crippen LogP contribution in [0.3, 0.4) is 0 Å². The molecule has 0 spiro atoms. The number of primary amides is 1. The second-order valence-corrected chi connectivity index (χ2v) is 9.80. The lowest BCUT2D eigenvalue weighted by atomic mass is 10.0. The number of nitrogens with two attached hydrogens (primary N) is 2. The second kappa shape index (κ2) is 10.7. The molecule has 2 heterocycles. The van der Waals surface area contributed by atoms with Crippen molar-refractivity contribution < 1.29 is 9.59 Å². The monoisotopic (exact) mass is 506 g/mol. The van der Waals surface area contributed by atoms with Crippen LogP contribution < -0.4 is 16.8 Å². The van der Waals surface area contributed by atoms with Crippen LogP contribution >= 0.6 is 23.1 Å². The number of rotatable bonds is 9. The second-order valence-electron chi connectivity index (χ2n) is 7.98. The van der Waals surface area contributed by atoms with Gasteiger partial charge in [0.15, 0.2) is 5.16 Å². The molecule has 5 N–H and O–H groups in total. The average Bonchev–Trinajstić information content (AvgIpc) is 3.43. The summed E-state index contributed by atoms with van der Waals surface area (Å²) in [5.74, 6) is -0.106. The predicted molar refractivity (Wildman–Crippen MR) is 141 cm³/mol. The van der Waals surface area contributed by atoms with Gasteiger partial charge in [-0.25, -0.2) is 0 Å². The molecule has 8 nitrogen and oxygen atoms in total. The van der Waals surface area contributed by atoms with E-state index in [1.165, 1.54) is 23.1 Å². The molecule has 180 valence electrons. The molecular formula is C25H26N6O2S2. The van der Waals surface area contributed by atoms with Crippen molar-refractivity contribution in [1.29, 1.82) is 0 Å². The first kappa shape index (κ1) is 24.5. The van der Waals surface area contributed by atoms with E-state index in [0.717, 1.165) is 16.7 Å². The molecule has 2 amide bonds. The molecule has 0 bridgehead atoms. The van der Waals surface area contributed by atoms with E-state index in [1.807, 2.05) is 73.8 Å². The molecule has 0 aliphatic rings. The van der Waals surface area contributed by atoms with Gasteiger partial charge in [-0.05, 0) is 24.5 Å². The van der Waals surface area contributed by atoms with Gasteiger partial charge in [-0.2, -0.15) is 0 Å². The van der Waals surface area contributed by atoms with Crippen LogP contribution in [0.15, 0.2) is 65.1 Å². The Labute approximate surface area is 211 Å². The van der Waals surface area contributed by atoms with Crippen molar-refractivity contribution in [3.05, 3.63) is 76.7 Å². The number of hydrogen-bond acceptors (Lipinski definition) is 7. The zero-order chi connectivity index (χ0) is 24.9. The smallest absolute Gasteiger partial charge is 0.252 e. The van der Waals surface area contributed by atoms with E-state index in [0.29, 0.717) is 27.9 Å². The van der Waals surface area contributed by atoms with Crippen LogP contribution in [0, 0.1) is 6.92 Å². The highest BCUT2D eigenvalue weighted by molar-refractivity contribution is 7.98. The normalized spacial score (nSPS) is 11.8. The summed E-state index contributed by atoms with van der Waals surface area (Å²) in [4.78, 5) is 25.7. The maximum atomic E-state index is 13.4. The highest BCUT2D eigenvalue weighted by Crippen LogP contribution is 2.36. The number of aryl methyl sites for hydroxylation is 1. The number of nitrogens with zero attached hydrogens (tertiary/aromatic N) is 3. The molecule has 0 aliphatic heterocycles. The number of carbonyl (C=O) groups is 2. The Morgan fingerprint density at radius 3 is 2.49 bits per heavy atom. The van der Waals surface area contributed by atoms with E-state index in [-0.39, 0.29) is 17.4 Å². The number of anilines is 2. The Hall–Kier alpha value is -3.63. The fraction of sp³-hybridized carbons (Fsp3) is 0.200. The van der Waals surface area contributed by atoms with Crippen molar-refractivity contribution in [2.45, 2.75) is 37.2 Å². The molecule has 1 atom stereocenters. The van der Waals surface area contributed by atoms with Crippen molar-refractivity contribution in [3.8, 4) is 11.1 Å². The molecule has 1 unspecified atom stereocenters. The van der Waals surface area contributed by atoms with Crippen LogP contribution in [0.1, 0.15) is 40.9 Å². The van der Waals surface area contributed by atoms with Crippen LogP contribution in [-0.2, 0) is 10.5 Å². The minimum absolute atomic E-state index is 0.157. The van der Waals surface area contributed by atoms with Crippen molar-refractivity contribution in [2.24, 2.45) is 5.73 Å². The number of benzene rings is 2. The number of thioether (sulfide) groups is 1. The summed E-state index contributed by atoms with van der Waals surface area (Å²) in [6, 6.07) is 17.1. The summed E-state index contributed by atoms with van der Waals surface area (Å²) in [6.07, 6.45) is 0.453. The quantitative estimate of drug-likeness (QED) is 0.278. The molecule has 4 aromatic rings. The standard InChI is InChI=1S/C25H26N6O2S2/c1-3-19(31-24(27)29-30-25(31)35-13-16-7-5-4-6-8-16)22(33)28-23-20(21(26)32)18(14-34-23)17-11-9-15(2)10-12-17/h4-12,14,19H,3,13H2,1-2H3,(H2,26,32)(H2,27,29)(H,28,33). The average molecular weight is 507 g/mol. The van der Waals surface area contributed by atoms with Crippen molar-refractivity contribution >= 4 is 45.9 Å². The number of thiophene rings is 1. The zero-order valence-corrected chi connectivity index (χ0v) is 21.0. The van der Waals surface area contributed by atoms with E-state index in [4.69, 9.17) is 11.5 Å². The summed E-state index contributed by atoms with van der Waals surface area (Å²) >= 11 is 2.72. The summed E-state index contributed by atoms with van der Waals surface area (Å²) in [7, 11) is 0. The van der Waals surface area contributed by atoms with Crippen LogP contribution in [0.25, 0.3) is 11.1 Å². The molecule has 0 saturated heterocycles. The van der Waals surface area contributed by atoms with Crippen molar-refractivity contribution in [2.75, 3.05) is 11.1 Å². The van der Waals surface area contributed by atoms with Crippen LogP contribution in [0.4, 0.5) is 10.9 Å². The Kier molecular flexibility index (Phi) is 7.52. The van der Waals surface area contributed by atoms with E-state index >= 15 is 0 Å². The van der Waals surface area contributed by atoms with Gasteiger partial charge in [0.05, 0.1) is 5.56 Å². The van der Waals surface area contributed by atoms with Gasteiger partial charge in [-0.3, -0.25) is 14.2 Å². The summed E-state index contributed by atoms with van der Waals surface area (Å²) < 4.78 is 1.64. The molecule has 4 rings (SSSR count). The van der Waals surface area contributed by atoms with Gasteiger partial charge < -0.3 is 16.8 Å². The molecule has 2 aromatic heterocycles. The first-order chi connectivity index (χ1) is 16.9. The predicted octanol–water partition coefficient (Wildman–Crippen LogP) is 4.88. The lowest BCUT2D eigenvalue weighted by Crippen LogP contribution is -2.27. The van der Waals surface area contributed by atoms with Gasteiger partial charge in [-0.1, -0.05) is 78.8 Å². The molecular weight excluding hydrogens is 480 g/mol. The topological polar surface area (TPSA) is 129 Å². The lowest BCUT2D eigenvalue weighted by Gasteiger charge is -2.19. The molecule has 10 heteroatoms. The van der Waals surface area contributed by atoms with Gasteiger partial charge in [-0.15, -0.1) is 21.5 Å². The maximum absolute atomic E-state index is 13.4. The number of aromatic nitrogens is 3. The Morgan fingerprint density at radius 1 is 1.11 bits per heavy atom. The van der Waals surface area contributed by atoms with E-state index < -0.39 is 11.9 Å². The third-order valence-corrected chi connectivity index (χ3v) is 7.45. The minimum Gasteiger partial charge on any atom is -0.368 e. The van der Waals surface area contributed by atoms with Gasteiger partial charge in [0.1, 0.15) is 11.0 Å². The Balaban J connectivity index is 1.59. The number of nitrogens with one attached hydrogen (secondary N) is 1. The minimum atomic E-state index is -0.658. The fourth-order valence-electron chi connectivity index (χ4n) is 3.72. The molecule has 0 saturated carbocycles. The summed E-state index contributed by atoms with van der Waals surface area (Å²) in [5, 5.41) is 13.9. The highest BCUT2D eigenvalue weighted by Gasteiger charge is 2.27. The molecule has 0 fully saturated rings. The molecule has 35 heavy (non-hydrogen) atoms. The number of hydrogen-bond donors (Lipinski definition) is 3. The fourth-order valence-corrected chi connectivity index (χ4v) is 5.65. The van der Waals surface area contributed by atoms with Crippen LogP contribution in [0.2, 0.25) is 0 Å². The third-order valence-electron chi connectivity index (χ3n) is 5.54. The van der Waals surface area contributed by atoms with Crippen molar-refractivity contribution in [1.82, 2.24) is 14.8 Å². The van der Waals surface area contributed by atoms with E-state index in [9.17, 15) is 9.59 Å². The molecule has 0 radical (unpaired) electrons. The summed E-state index contributed by atoms with van der Waals surface area (Å²) in [5.41, 5.74) is 15.9. The highest BCUT2D eigenvalue weighted by atomic mass is 32.2. The molecule has 0 aliphatic carbocycles. The zero-order valence-electron chi connectivity index (χ0n) is 19.4. The SMILES string of the molecule is CCC(C(=O)Nc1scc(-c2ccc(C)cc2)c1C(N)=O)n1c(N)nnc1SCc1ccccc1. The lowest BCUT2D eigenvalue weighted by molar-refractivity contribution is -0.119. The van der Waals surface area contributed by atoms with Gasteiger partial charge in [0.2, 0.25) is 11.9 Å². The van der Waals surface area contributed by atoms with Crippen molar-refractivity contribution in [3.63, 3.8) is 0 Å². The summed E-state index contributed by atoms with van der Waals surface area (Å²) in [6.45, 7) is 3.88. The largest absolute Gasteiger partial charge is 0.368 e. The van der Waals surface area contributed by atoms with Gasteiger partial charge in [0.25, 0.3) is 5.91 Å². The van der Waals surface area contributed by atoms with Crippen LogP contribution in [0.5, 0.6) is 0 Å².